The van der Waals surface area contributed by atoms with Crippen molar-refractivity contribution in [3.05, 3.63) is 162 Å². The SMILES string of the molecule is Fc1ccc(/C=C/c2ccccc2C[P+](c2ccccc2)(c2ccccc2)c2ccccc2)cc1.[Br-]. The Balaban J connectivity index is 0.00000304. The fourth-order valence-corrected chi connectivity index (χ4v) is 8.91. The average molecular weight is 553 g/mol. The van der Waals surface area contributed by atoms with Crippen LogP contribution in [0.25, 0.3) is 12.2 Å². The molecule has 0 spiro atoms. The van der Waals surface area contributed by atoms with Crippen molar-refractivity contribution in [2.75, 3.05) is 0 Å². The zero-order valence-corrected chi connectivity index (χ0v) is 22.3. The molecule has 36 heavy (non-hydrogen) atoms. The van der Waals surface area contributed by atoms with Crippen LogP contribution < -0.4 is 32.9 Å². The van der Waals surface area contributed by atoms with Gasteiger partial charge in [0.1, 0.15) is 29.0 Å². The molecule has 0 aliphatic rings. The third kappa shape index (κ3) is 5.57. The van der Waals surface area contributed by atoms with Gasteiger partial charge in [-0.25, -0.2) is 4.39 Å². The second kappa shape index (κ2) is 12.1. The van der Waals surface area contributed by atoms with E-state index >= 15 is 0 Å². The number of halogens is 2. The van der Waals surface area contributed by atoms with Crippen molar-refractivity contribution < 1.29 is 21.4 Å². The summed E-state index contributed by atoms with van der Waals surface area (Å²) in [6.07, 6.45) is 5.12. The summed E-state index contributed by atoms with van der Waals surface area (Å²) in [5.74, 6) is -0.217. The molecular formula is C33H27BrFP. The molecular weight excluding hydrogens is 526 g/mol. The molecule has 0 aromatic heterocycles. The predicted molar refractivity (Wildman–Crippen MR) is 151 cm³/mol. The van der Waals surface area contributed by atoms with Gasteiger partial charge in [-0.15, -0.1) is 0 Å². The lowest BCUT2D eigenvalue weighted by Crippen LogP contribution is -3.00. The molecule has 0 aliphatic carbocycles. The van der Waals surface area contributed by atoms with Gasteiger partial charge in [-0.1, -0.05) is 103 Å². The minimum absolute atomic E-state index is 0. The number of hydrogen-bond acceptors (Lipinski definition) is 0. The molecule has 0 fully saturated rings. The minimum atomic E-state index is -1.99. The van der Waals surface area contributed by atoms with Crippen molar-refractivity contribution in [1.82, 2.24) is 0 Å². The van der Waals surface area contributed by atoms with Gasteiger partial charge in [-0.05, 0) is 65.2 Å². The molecule has 5 aromatic rings. The Labute approximate surface area is 224 Å². The van der Waals surface area contributed by atoms with Crippen LogP contribution in [0.2, 0.25) is 0 Å². The Morgan fingerprint density at radius 2 is 0.944 bits per heavy atom. The average Bonchev–Trinajstić information content (AvgIpc) is 2.93. The highest BCUT2D eigenvalue weighted by Gasteiger charge is 2.45. The van der Waals surface area contributed by atoms with Crippen LogP contribution >= 0.6 is 7.26 Å². The minimum Gasteiger partial charge on any atom is -1.00 e. The zero-order chi connectivity index (χ0) is 23.9. The van der Waals surface area contributed by atoms with Crippen LogP contribution in [0, 0.1) is 5.82 Å². The highest BCUT2D eigenvalue weighted by molar-refractivity contribution is 7.95. The number of hydrogen-bond donors (Lipinski definition) is 0. The Morgan fingerprint density at radius 3 is 1.44 bits per heavy atom. The Kier molecular flexibility index (Phi) is 8.65. The van der Waals surface area contributed by atoms with Crippen molar-refractivity contribution in [2.45, 2.75) is 6.16 Å². The number of rotatable bonds is 7. The van der Waals surface area contributed by atoms with Gasteiger partial charge in [0.25, 0.3) is 0 Å². The molecule has 0 nitrogen and oxygen atoms in total. The maximum Gasteiger partial charge on any atom is 0.123 e. The van der Waals surface area contributed by atoms with Gasteiger partial charge in [0.15, 0.2) is 0 Å². The summed E-state index contributed by atoms with van der Waals surface area (Å²) < 4.78 is 13.4. The van der Waals surface area contributed by atoms with Gasteiger partial charge in [-0.3, -0.25) is 0 Å². The van der Waals surface area contributed by atoms with Crippen LogP contribution in [-0.2, 0) is 6.16 Å². The Hall–Kier alpha value is -3.32. The zero-order valence-electron chi connectivity index (χ0n) is 19.8. The lowest BCUT2D eigenvalue weighted by Gasteiger charge is -2.28. The van der Waals surface area contributed by atoms with E-state index in [2.05, 4.69) is 127 Å². The molecule has 0 radical (unpaired) electrons. The highest BCUT2D eigenvalue weighted by Crippen LogP contribution is 2.58. The summed E-state index contributed by atoms with van der Waals surface area (Å²) in [5.41, 5.74) is 3.47. The Bertz CT molecular complexity index is 1300. The molecule has 5 rings (SSSR count). The Morgan fingerprint density at radius 1 is 0.500 bits per heavy atom. The topological polar surface area (TPSA) is 0 Å². The molecule has 0 unspecified atom stereocenters. The lowest BCUT2D eigenvalue weighted by atomic mass is 10.1. The lowest BCUT2D eigenvalue weighted by molar-refractivity contribution is -0.00000729. The summed E-state index contributed by atoms with van der Waals surface area (Å²) in [5, 5.41) is 4.11. The van der Waals surface area contributed by atoms with Gasteiger partial charge < -0.3 is 17.0 Å². The molecule has 0 saturated heterocycles. The van der Waals surface area contributed by atoms with Gasteiger partial charge in [0.05, 0.1) is 6.16 Å². The second-order valence-electron chi connectivity index (χ2n) is 8.56. The van der Waals surface area contributed by atoms with E-state index in [4.69, 9.17) is 0 Å². The van der Waals surface area contributed by atoms with Crippen LogP contribution in [0.5, 0.6) is 0 Å². The maximum absolute atomic E-state index is 13.4. The van der Waals surface area contributed by atoms with E-state index in [-0.39, 0.29) is 22.8 Å². The van der Waals surface area contributed by atoms with Crippen molar-refractivity contribution in [2.24, 2.45) is 0 Å². The van der Waals surface area contributed by atoms with Crippen molar-refractivity contribution in [1.29, 1.82) is 0 Å². The first-order chi connectivity index (χ1) is 17.3. The first kappa shape index (κ1) is 25.8. The highest BCUT2D eigenvalue weighted by atomic mass is 79.9. The second-order valence-corrected chi connectivity index (χ2v) is 12.0. The smallest absolute Gasteiger partial charge is 0.123 e. The monoisotopic (exact) mass is 552 g/mol. The molecule has 0 bridgehead atoms. The van der Waals surface area contributed by atoms with E-state index in [1.165, 1.54) is 39.2 Å². The molecule has 0 aliphatic heterocycles. The normalized spacial score (nSPS) is 11.2. The van der Waals surface area contributed by atoms with Gasteiger partial charge in [0, 0.05) is 0 Å². The summed E-state index contributed by atoms with van der Waals surface area (Å²) in [6.45, 7) is 0. The molecule has 0 atom stereocenters. The number of benzene rings is 5. The standard InChI is InChI=1S/C33H27FP.BrH/c34-30-24-21-27(22-25-30)20-23-28-12-10-11-13-29(28)26-35(31-14-4-1-5-15-31,32-16-6-2-7-17-32)33-18-8-3-9-19-33;/h1-25H,26H2;1H/q+1;/p-1/b23-20+;. The molecule has 0 heterocycles. The van der Waals surface area contributed by atoms with Gasteiger partial charge in [-0.2, -0.15) is 0 Å². The first-order valence-corrected chi connectivity index (χ1v) is 13.8. The quantitative estimate of drug-likeness (QED) is 0.206. The van der Waals surface area contributed by atoms with Crippen molar-refractivity contribution >= 4 is 35.3 Å². The maximum atomic E-state index is 13.4. The van der Waals surface area contributed by atoms with Crippen LogP contribution in [0.3, 0.4) is 0 Å². The van der Waals surface area contributed by atoms with E-state index in [0.717, 1.165) is 11.7 Å². The largest absolute Gasteiger partial charge is 1.00 e. The summed E-state index contributed by atoms with van der Waals surface area (Å²) >= 11 is 0. The van der Waals surface area contributed by atoms with Crippen LogP contribution in [0.1, 0.15) is 16.7 Å². The predicted octanol–water partition coefficient (Wildman–Crippen LogP) is 4.49. The fraction of sp³-hybridized carbons (Fsp3) is 0.0303. The van der Waals surface area contributed by atoms with Crippen LogP contribution in [-0.4, -0.2) is 0 Å². The van der Waals surface area contributed by atoms with Crippen molar-refractivity contribution in [3.63, 3.8) is 0 Å². The fourth-order valence-electron chi connectivity index (χ4n) is 4.62. The van der Waals surface area contributed by atoms with Gasteiger partial charge >= 0.3 is 0 Å². The van der Waals surface area contributed by atoms with E-state index in [1.807, 2.05) is 12.1 Å². The molecule has 5 aromatic carbocycles. The molecule has 0 N–H and O–H groups in total. The van der Waals surface area contributed by atoms with E-state index in [0.29, 0.717) is 0 Å². The van der Waals surface area contributed by atoms with Crippen LogP contribution in [0.15, 0.2) is 140 Å². The van der Waals surface area contributed by atoms with Gasteiger partial charge in [0.2, 0.25) is 0 Å². The van der Waals surface area contributed by atoms with E-state index < -0.39 is 7.26 Å². The summed E-state index contributed by atoms with van der Waals surface area (Å²) in [6, 6.07) is 48.1. The first-order valence-electron chi connectivity index (χ1n) is 11.8. The molecule has 178 valence electrons. The van der Waals surface area contributed by atoms with Crippen LogP contribution in [0.4, 0.5) is 4.39 Å². The third-order valence-corrected chi connectivity index (χ3v) is 10.7. The van der Waals surface area contributed by atoms with Crippen molar-refractivity contribution in [3.8, 4) is 0 Å². The summed E-state index contributed by atoms with van der Waals surface area (Å²) in [4.78, 5) is 0. The summed E-state index contributed by atoms with van der Waals surface area (Å²) in [7, 11) is -1.99. The van der Waals surface area contributed by atoms with E-state index in [1.54, 1.807) is 0 Å². The molecule has 0 saturated carbocycles. The van der Waals surface area contributed by atoms with E-state index in [9.17, 15) is 4.39 Å². The molecule has 0 amide bonds. The third-order valence-electron chi connectivity index (χ3n) is 6.38. The molecule has 3 heteroatoms.